The molecule has 2 aliphatic heterocycles. The van der Waals surface area contributed by atoms with Crippen LogP contribution in [0.15, 0.2) is 23.2 Å². The number of aliphatic imine (C=N–C) groups is 1. The fourth-order valence-electron chi connectivity index (χ4n) is 4.88. The molecule has 2 heterocycles. The number of rotatable bonds is 3. The number of ether oxygens (including phenoxy) is 1. The van der Waals surface area contributed by atoms with E-state index in [1.807, 2.05) is 19.2 Å². The number of morpholine rings is 1. The molecule has 0 bridgehead atoms. The Morgan fingerprint density at radius 3 is 2.67 bits per heavy atom. The maximum Gasteiger partial charge on any atom is 0.193 e. The highest BCUT2D eigenvalue weighted by Crippen LogP contribution is 2.45. The number of hydrogen-bond acceptors (Lipinski definition) is 3. The van der Waals surface area contributed by atoms with Crippen LogP contribution in [0.1, 0.15) is 37.7 Å². The molecule has 27 heavy (non-hydrogen) atoms. The van der Waals surface area contributed by atoms with Gasteiger partial charge < -0.3 is 19.9 Å². The molecule has 0 radical (unpaired) electrons. The monoisotopic (exact) mass is 374 g/mol. The van der Waals surface area contributed by atoms with Crippen LogP contribution in [-0.4, -0.2) is 57.3 Å². The molecule has 1 N–H and O–H groups in total. The van der Waals surface area contributed by atoms with Crippen LogP contribution >= 0.6 is 0 Å². The molecule has 2 saturated heterocycles. The topological polar surface area (TPSA) is 40.1 Å². The smallest absolute Gasteiger partial charge is 0.193 e. The van der Waals surface area contributed by atoms with Crippen LogP contribution in [0.25, 0.3) is 0 Å². The van der Waals surface area contributed by atoms with Crippen LogP contribution in [0, 0.1) is 11.2 Å². The number of anilines is 1. The second-order valence-electron chi connectivity index (χ2n) is 8.16. The van der Waals surface area contributed by atoms with Crippen LogP contribution in [0.3, 0.4) is 0 Å². The average Bonchev–Trinajstić information content (AvgIpc) is 3.33. The van der Waals surface area contributed by atoms with E-state index in [-0.39, 0.29) is 5.82 Å². The summed E-state index contributed by atoms with van der Waals surface area (Å²) in [5, 5.41) is 3.44. The Morgan fingerprint density at radius 2 is 1.96 bits per heavy atom. The van der Waals surface area contributed by atoms with Crippen molar-refractivity contribution in [2.45, 2.75) is 38.6 Å². The Morgan fingerprint density at radius 1 is 1.19 bits per heavy atom. The van der Waals surface area contributed by atoms with Crippen LogP contribution < -0.4 is 10.2 Å². The molecule has 0 unspecified atom stereocenters. The summed E-state index contributed by atoms with van der Waals surface area (Å²) in [7, 11) is 1.84. The SMILES string of the molecule is CN=C(NCc1ccc(N2CCOCC2)c(F)c1)N1CCC2(CCCC2)C1. The van der Waals surface area contributed by atoms with Gasteiger partial charge in [-0.2, -0.15) is 0 Å². The molecule has 4 rings (SSSR count). The summed E-state index contributed by atoms with van der Waals surface area (Å²) < 4.78 is 19.9. The van der Waals surface area contributed by atoms with Gasteiger partial charge in [0.1, 0.15) is 5.82 Å². The first kappa shape index (κ1) is 18.5. The predicted octanol–water partition coefficient (Wildman–Crippen LogP) is 3.00. The molecular formula is C21H31FN4O. The van der Waals surface area contributed by atoms with Crippen molar-refractivity contribution in [3.63, 3.8) is 0 Å². The highest BCUT2D eigenvalue weighted by molar-refractivity contribution is 5.80. The van der Waals surface area contributed by atoms with Crippen molar-refractivity contribution in [1.82, 2.24) is 10.2 Å². The maximum atomic E-state index is 14.6. The van der Waals surface area contributed by atoms with Crippen molar-refractivity contribution in [1.29, 1.82) is 0 Å². The predicted molar refractivity (Wildman–Crippen MR) is 107 cm³/mol. The molecule has 1 aliphatic carbocycles. The van der Waals surface area contributed by atoms with Gasteiger partial charge in [0, 0.05) is 39.8 Å². The third-order valence-electron chi connectivity index (χ3n) is 6.43. The van der Waals surface area contributed by atoms with E-state index < -0.39 is 0 Å². The quantitative estimate of drug-likeness (QED) is 0.652. The van der Waals surface area contributed by atoms with Gasteiger partial charge in [0.25, 0.3) is 0 Å². The summed E-state index contributed by atoms with van der Waals surface area (Å²) >= 11 is 0. The normalized spacial score (nSPS) is 22.7. The van der Waals surface area contributed by atoms with Crippen LogP contribution in [0.2, 0.25) is 0 Å². The first-order valence-electron chi connectivity index (χ1n) is 10.3. The highest BCUT2D eigenvalue weighted by Gasteiger charge is 2.41. The van der Waals surface area contributed by atoms with Crippen molar-refractivity contribution in [2.75, 3.05) is 51.3 Å². The molecule has 1 spiro atoms. The van der Waals surface area contributed by atoms with Gasteiger partial charge in [-0.15, -0.1) is 0 Å². The molecule has 6 heteroatoms. The Labute approximate surface area is 161 Å². The average molecular weight is 375 g/mol. The number of likely N-dealkylation sites (tertiary alicyclic amines) is 1. The van der Waals surface area contributed by atoms with Gasteiger partial charge in [-0.05, 0) is 42.4 Å². The zero-order valence-corrected chi connectivity index (χ0v) is 16.3. The summed E-state index contributed by atoms with van der Waals surface area (Å²) in [6.07, 6.45) is 6.73. The Balaban J connectivity index is 1.35. The standard InChI is InChI=1S/C21H31FN4O/c1-23-20(26-9-8-21(16-26)6-2-3-7-21)24-15-17-4-5-19(18(22)14-17)25-10-12-27-13-11-25/h4-5,14H,2-3,6-13,15-16H2,1H3,(H,23,24). The first-order chi connectivity index (χ1) is 13.2. The van der Waals surface area contributed by atoms with Crippen molar-refractivity contribution >= 4 is 11.6 Å². The molecule has 0 aromatic heterocycles. The van der Waals surface area contributed by atoms with Gasteiger partial charge in [0.15, 0.2) is 5.96 Å². The molecule has 1 saturated carbocycles. The fourth-order valence-corrected chi connectivity index (χ4v) is 4.88. The molecule has 1 aromatic carbocycles. The van der Waals surface area contributed by atoms with E-state index >= 15 is 0 Å². The lowest BCUT2D eigenvalue weighted by atomic mass is 9.86. The lowest BCUT2D eigenvalue weighted by Gasteiger charge is -2.29. The Kier molecular flexibility index (Phi) is 5.53. The number of nitrogens with one attached hydrogen (secondary N) is 1. The summed E-state index contributed by atoms with van der Waals surface area (Å²) in [6, 6.07) is 5.55. The lowest BCUT2D eigenvalue weighted by Crippen LogP contribution is -2.40. The number of benzene rings is 1. The molecule has 1 aromatic rings. The van der Waals surface area contributed by atoms with Crippen LogP contribution in [0.5, 0.6) is 0 Å². The van der Waals surface area contributed by atoms with Crippen LogP contribution in [-0.2, 0) is 11.3 Å². The molecule has 148 valence electrons. The Bertz CT molecular complexity index is 681. The van der Waals surface area contributed by atoms with E-state index in [1.54, 1.807) is 6.07 Å². The molecule has 3 fully saturated rings. The minimum absolute atomic E-state index is 0.155. The second-order valence-corrected chi connectivity index (χ2v) is 8.16. The highest BCUT2D eigenvalue weighted by atomic mass is 19.1. The summed E-state index contributed by atoms with van der Waals surface area (Å²) in [5.41, 5.74) is 2.14. The lowest BCUT2D eigenvalue weighted by molar-refractivity contribution is 0.122. The van der Waals surface area contributed by atoms with Crippen molar-refractivity contribution in [3.8, 4) is 0 Å². The summed E-state index contributed by atoms with van der Waals surface area (Å²) in [6.45, 7) is 5.60. The minimum atomic E-state index is -0.155. The van der Waals surface area contributed by atoms with E-state index in [2.05, 4.69) is 20.1 Å². The third-order valence-corrected chi connectivity index (χ3v) is 6.43. The van der Waals surface area contributed by atoms with Gasteiger partial charge in [-0.1, -0.05) is 18.9 Å². The minimum Gasteiger partial charge on any atom is -0.378 e. The van der Waals surface area contributed by atoms with Crippen molar-refractivity contribution < 1.29 is 9.13 Å². The van der Waals surface area contributed by atoms with E-state index in [0.717, 1.165) is 37.7 Å². The largest absolute Gasteiger partial charge is 0.378 e. The molecule has 0 amide bonds. The van der Waals surface area contributed by atoms with E-state index in [1.165, 1.54) is 32.1 Å². The van der Waals surface area contributed by atoms with E-state index in [9.17, 15) is 4.39 Å². The third kappa shape index (κ3) is 4.05. The van der Waals surface area contributed by atoms with Gasteiger partial charge in [0.05, 0.1) is 18.9 Å². The van der Waals surface area contributed by atoms with Gasteiger partial charge in [-0.3, -0.25) is 4.99 Å². The van der Waals surface area contributed by atoms with E-state index in [4.69, 9.17) is 4.74 Å². The van der Waals surface area contributed by atoms with Crippen molar-refractivity contribution in [2.24, 2.45) is 10.4 Å². The molecule has 5 nitrogen and oxygen atoms in total. The number of guanidine groups is 1. The number of nitrogens with zero attached hydrogens (tertiary/aromatic N) is 3. The van der Waals surface area contributed by atoms with Gasteiger partial charge in [0.2, 0.25) is 0 Å². The zero-order chi connectivity index (χ0) is 18.7. The fraction of sp³-hybridized carbons (Fsp3) is 0.667. The summed E-state index contributed by atoms with van der Waals surface area (Å²) in [5.74, 6) is 0.786. The van der Waals surface area contributed by atoms with E-state index in [0.29, 0.717) is 30.9 Å². The first-order valence-corrected chi connectivity index (χ1v) is 10.3. The molecule has 3 aliphatic rings. The maximum absolute atomic E-state index is 14.6. The van der Waals surface area contributed by atoms with Gasteiger partial charge >= 0.3 is 0 Å². The van der Waals surface area contributed by atoms with Gasteiger partial charge in [-0.25, -0.2) is 4.39 Å². The second kappa shape index (κ2) is 8.05. The number of hydrogen-bond donors (Lipinski definition) is 1. The van der Waals surface area contributed by atoms with Crippen LogP contribution in [0.4, 0.5) is 10.1 Å². The summed E-state index contributed by atoms with van der Waals surface area (Å²) in [4.78, 5) is 8.90. The number of halogens is 1. The zero-order valence-electron chi connectivity index (χ0n) is 16.3. The molecule has 0 atom stereocenters. The van der Waals surface area contributed by atoms with Crippen molar-refractivity contribution in [3.05, 3.63) is 29.6 Å². The molecular weight excluding hydrogens is 343 g/mol. The Hall–Kier alpha value is -1.82.